The lowest BCUT2D eigenvalue weighted by Crippen LogP contribution is -2.05. The molecule has 0 spiro atoms. The molecule has 0 aliphatic rings. The molecule has 2 aromatic heterocycles. The highest BCUT2D eigenvalue weighted by Gasteiger charge is 2.19. The van der Waals surface area contributed by atoms with E-state index < -0.39 is 18.2 Å². The number of nitrogens with zero attached hydrogens (tertiary/aromatic N) is 4. The van der Waals surface area contributed by atoms with E-state index in [2.05, 4.69) is 15.3 Å². The maximum absolute atomic E-state index is 14.6. The average Bonchev–Trinajstić information content (AvgIpc) is 3.20. The Balaban J connectivity index is 1.91. The van der Waals surface area contributed by atoms with Crippen LogP contribution in [0.2, 0.25) is 0 Å². The Labute approximate surface area is 181 Å². The third kappa shape index (κ3) is 4.54. The normalized spacial score (nSPS) is 12.0. The number of carbonyl (C=O) groups is 1. The SMILES string of the molecule is C/C=C(C=O)\C(Cl)=C/CNc1nccn2c(-c3ccc(OCC#N)c(F)c3F)cnc12. The number of aromatic nitrogens is 3. The van der Waals surface area contributed by atoms with Gasteiger partial charge in [-0.05, 0) is 25.1 Å². The van der Waals surface area contributed by atoms with Crippen LogP contribution in [-0.2, 0) is 4.79 Å². The van der Waals surface area contributed by atoms with Crippen molar-refractivity contribution in [1.29, 1.82) is 5.26 Å². The number of fused-ring (bicyclic) bond motifs is 1. The number of nitriles is 1. The molecule has 3 aromatic rings. The van der Waals surface area contributed by atoms with Crippen LogP contribution in [0.1, 0.15) is 6.92 Å². The summed E-state index contributed by atoms with van der Waals surface area (Å²) in [6.45, 7) is 1.56. The minimum absolute atomic E-state index is 0.0295. The number of ether oxygens (including phenoxy) is 1. The first-order valence-electron chi connectivity index (χ1n) is 9.03. The number of anilines is 1. The van der Waals surface area contributed by atoms with Crippen LogP contribution in [0, 0.1) is 23.0 Å². The minimum Gasteiger partial charge on any atom is -0.476 e. The molecule has 0 aliphatic heterocycles. The summed E-state index contributed by atoms with van der Waals surface area (Å²) in [6.07, 6.45) is 8.29. The molecule has 2 heterocycles. The summed E-state index contributed by atoms with van der Waals surface area (Å²) in [7, 11) is 0. The van der Waals surface area contributed by atoms with E-state index in [0.29, 0.717) is 29.0 Å². The van der Waals surface area contributed by atoms with Crippen LogP contribution in [0.15, 0.2) is 53.5 Å². The van der Waals surface area contributed by atoms with Gasteiger partial charge in [0.15, 0.2) is 35.9 Å². The molecule has 0 unspecified atom stereocenters. The number of hydrogen-bond acceptors (Lipinski definition) is 6. The second-order valence-corrected chi connectivity index (χ2v) is 6.50. The van der Waals surface area contributed by atoms with Gasteiger partial charge in [0.05, 0.1) is 11.9 Å². The summed E-state index contributed by atoms with van der Waals surface area (Å²) in [5.74, 6) is -2.27. The standard InChI is InChI=1S/C21H16ClF2N5O2/c1-2-13(12-30)15(22)5-7-26-20-21-28-11-16(29(21)9-8-27-20)14-3-4-17(31-10-6-25)19(24)18(14)23/h2-5,8-9,11-12H,7,10H2,1H3,(H,26,27)/b13-2-,15-5+. The van der Waals surface area contributed by atoms with Crippen LogP contribution >= 0.6 is 11.6 Å². The van der Waals surface area contributed by atoms with E-state index >= 15 is 0 Å². The fourth-order valence-electron chi connectivity index (χ4n) is 2.81. The number of rotatable bonds is 8. The van der Waals surface area contributed by atoms with E-state index in [9.17, 15) is 13.6 Å². The highest BCUT2D eigenvalue weighted by atomic mass is 35.5. The molecule has 158 valence electrons. The zero-order chi connectivity index (χ0) is 22.4. The fraction of sp³-hybridized carbons (Fsp3) is 0.143. The molecule has 1 aromatic carbocycles. The molecule has 3 rings (SSSR count). The van der Waals surface area contributed by atoms with Gasteiger partial charge in [-0.25, -0.2) is 14.4 Å². The number of aldehydes is 1. The molecule has 0 fully saturated rings. The van der Waals surface area contributed by atoms with Crippen molar-refractivity contribution in [2.75, 3.05) is 18.5 Å². The molecule has 0 saturated carbocycles. The minimum atomic E-state index is -1.19. The van der Waals surface area contributed by atoms with Crippen LogP contribution in [0.5, 0.6) is 5.75 Å². The lowest BCUT2D eigenvalue weighted by molar-refractivity contribution is -0.104. The zero-order valence-corrected chi connectivity index (χ0v) is 17.0. The van der Waals surface area contributed by atoms with E-state index in [1.54, 1.807) is 35.7 Å². The molecule has 0 saturated heterocycles. The number of benzene rings is 1. The van der Waals surface area contributed by atoms with Gasteiger partial charge in [-0.15, -0.1) is 0 Å². The smallest absolute Gasteiger partial charge is 0.201 e. The van der Waals surface area contributed by atoms with Crippen molar-refractivity contribution in [2.45, 2.75) is 6.92 Å². The Hall–Kier alpha value is -3.77. The highest BCUT2D eigenvalue weighted by Crippen LogP contribution is 2.31. The van der Waals surface area contributed by atoms with Crippen molar-refractivity contribution in [2.24, 2.45) is 0 Å². The fourth-order valence-corrected chi connectivity index (χ4v) is 3.04. The van der Waals surface area contributed by atoms with Gasteiger partial charge in [-0.2, -0.15) is 9.65 Å². The van der Waals surface area contributed by atoms with Gasteiger partial charge in [-0.3, -0.25) is 9.20 Å². The molecule has 7 nitrogen and oxygen atoms in total. The van der Waals surface area contributed by atoms with Crippen molar-refractivity contribution >= 4 is 29.4 Å². The van der Waals surface area contributed by atoms with Crippen LogP contribution in [0.25, 0.3) is 16.9 Å². The molecule has 0 bridgehead atoms. The van der Waals surface area contributed by atoms with Gasteiger partial charge in [-0.1, -0.05) is 17.7 Å². The Morgan fingerprint density at radius 3 is 2.87 bits per heavy atom. The average molecular weight is 444 g/mol. The number of halogens is 3. The Morgan fingerprint density at radius 1 is 1.35 bits per heavy atom. The number of allylic oxidation sites excluding steroid dienone is 3. The maximum Gasteiger partial charge on any atom is 0.201 e. The second-order valence-electron chi connectivity index (χ2n) is 6.09. The third-order valence-corrected chi connectivity index (χ3v) is 4.68. The van der Waals surface area contributed by atoms with Gasteiger partial charge >= 0.3 is 0 Å². The van der Waals surface area contributed by atoms with Gasteiger partial charge in [0.2, 0.25) is 5.82 Å². The van der Waals surface area contributed by atoms with Crippen molar-refractivity contribution in [3.05, 3.63) is 65.1 Å². The van der Waals surface area contributed by atoms with Gasteiger partial charge in [0.1, 0.15) is 6.07 Å². The maximum atomic E-state index is 14.6. The summed E-state index contributed by atoms with van der Waals surface area (Å²) in [6, 6.07) is 4.30. The first kappa shape index (κ1) is 21.9. The van der Waals surface area contributed by atoms with E-state index in [4.69, 9.17) is 21.6 Å². The van der Waals surface area contributed by atoms with Gasteiger partial charge < -0.3 is 10.1 Å². The molecule has 0 radical (unpaired) electrons. The van der Waals surface area contributed by atoms with Crippen molar-refractivity contribution in [3.63, 3.8) is 0 Å². The lowest BCUT2D eigenvalue weighted by Gasteiger charge is -2.09. The zero-order valence-electron chi connectivity index (χ0n) is 16.3. The number of hydrogen-bond donors (Lipinski definition) is 1. The highest BCUT2D eigenvalue weighted by molar-refractivity contribution is 6.34. The quantitative estimate of drug-likeness (QED) is 0.318. The van der Waals surface area contributed by atoms with Gasteiger partial charge in [0.25, 0.3) is 0 Å². The van der Waals surface area contributed by atoms with Crippen LogP contribution in [-0.4, -0.2) is 33.8 Å². The monoisotopic (exact) mass is 443 g/mol. The lowest BCUT2D eigenvalue weighted by atomic mass is 10.1. The summed E-state index contributed by atoms with van der Waals surface area (Å²) in [5, 5.41) is 11.9. The Bertz CT molecular complexity index is 1230. The molecular formula is C21H16ClF2N5O2. The molecular weight excluding hydrogens is 428 g/mol. The summed E-state index contributed by atoms with van der Waals surface area (Å²) in [4.78, 5) is 19.4. The molecule has 10 heteroatoms. The number of carbonyl (C=O) groups excluding carboxylic acids is 1. The second kappa shape index (κ2) is 9.82. The predicted octanol–water partition coefficient (Wildman–Crippen LogP) is 4.26. The van der Waals surface area contributed by atoms with E-state index in [-0.39, 0.29) is 22.9 Å². The number of imidazole rings is 1. The molecule has 31 heavy (non-hydrogen) atoms. The third-order valence-electron chi connectivity index (χ3n) is 4.31. The van der Waals surface area contributed by atoms with Crippen LogP contribution < -0.4 is 10.1 Å². The van der Waals surface area contributed by atoms with E-state index in [1.165, 1.54) is 24.5 Å². The Kier molecular flexibility index (Phi) is 6.95. The van der Waals surface area contributed by atoms with Crippen molar-refractivity contribution < 1.29 is 18.3 Å². The van der Waals surface area contributed by atoms with Crippen molar-refractivity contribution in [3.8, 4) is 23.1 Å². The predicted molar refractivity (Wildman–Crippen MR) is 112 cm³/mol. The molecule has 1 N–H and O–H groups in total. The molecule has 0 atom stereocenters. The number of nitrogens with one attached hydrogen (secondary N) is 1. The largest absolute Gasteiger partial charge is 0.476 e. The van der Waals surface area contributed by atoms with E-state index in [1.807, 2.05) is 0 Å². The summed E-state index contributed by atoms with van der Waals surface area (Å²) in [5.41, 5.74) is 1.01. The Morgan fingerprint density at radius 2 is 2.16 bits per heavy atom. The van der Waals surface area contributed by atoms with Crippen LogP contribution in [0.3, 0.4) is 0 Å². The summed E-state index contributed by atoms with van der Waals surface area (Å²) >= 11 is 6.07. The van der Waals surface area contributed by atoms with Crippen LogP contribution in [0.4, 0.5) is 14.6 Å². The molecule has 0 amide bonds. The topological polar surface area (TPSA) is 92.3 Å². The van der Waals surface area contributed by atoms with Gasteiger partial charge in [0, 0.05) is 35.1 Å². The van der Waals surface area contributed by atoms with Crippen molar-refractivity contribution in [1.82, 2.24) is 14.4 Å². The first-order chi connectivity index (χ1) is 15.0. The van der Waals surface area contributed by atoms with E-state index in [0.717, 1.165) is 0 Å². The summed E-state index contributed by atoms with van der Waals surface area (Å²) < 4.78 is 35.4. The molecule has 0 aliphatic carbocycles. The first-order valence-corrected chi connectivity index (χ1v) is 9.41.